The molecule has 1 aliphatic heterocycles. The summed E-state index contributed by atoms with van der Waals surface area (Å²) in [5.41, 5.74) is 11.3. The Hall–Kier alpha value is -7.64. The number of aromatic nitrogens is 3. The molecular weight excluding hydrogens is 727 g/mol. The highest BCUT2D eigenvalue weighted by Crippen LogP contribution is 2.64. The van der Waals surface area contributed by atoms with Crippen molar-refractivity contribution in [2.45, 2.75) is 15.2 Å². The molecule has 8 aromatic carbocycles. The van der Waals surface area contributed by atoms with Crippen LogP contribution in [0.5, 0.6) is 0 Å². The summed E-state index contributed by atoms with van der Waals surface area (Å²) in [6.07, 6.45) is 0. The molecule has 6 heteroatoms. The first-order valence-electron chi connectivity index (χ1n) is 19.1. The molecule has 0 saturated heterocycles. The van der Waals surface area contributed by atoms with Crippen LogP contribution in [-0.2, 0) is 5.41 Å². The van der Waals surface area contributed by atoms with Crippen molar-refractivity contribution in [2.75, 3.05) is 0 Å². The van der Waals surface area contributed by atoms with Gasteiger partial charge in [0.05, 0.1) is 28.7 Å². The third-order valence-corrected chi connectivity index (χ3v) is 12.6. The highest BCUT2D eigenvalue weighted by molar-refractivity contribution is 7.99. The van der Waals surface area contributed by atoms with Crippen LogP contribution in [0.25, 0.3) is 67.2 Å². The van der Waals surface area contributed by atoms with E-state index < -0.39 is 5.41 Å². The SMILES string of the molecule is N#Cc1cc(C#N)c2c(c1)C1(c3ccccc3Sc3ccccc31)c1cc(-c3ccc(-c4nc(-c5ccccc5)nc(-c5ccccc5)n4)cc3)c3ccccc3c1-2. The molecular formula is C52H29N5S. The first-order chi connectivity index (χ1) is 28.6. The van der Waals surface area contributed by atoms with Crippen molar-refractivity contribution in [1.29, 1.82) is 10.5 Å². The number of hydrogen-bond acceptors (Lipinski definition) is 6. The predicted octanol–water partition coefficient (Wildman–Crippen LogP) is 12.3. The summed E-state index contributed by atoms with van der Waals surface area (Å²) in [6.45, 7) is 0. The van der Waals surface area contributed by atoms with E-state index in [4.69, 9.17) is 15.0 Å². The van der Waals surface area contributed by atoms with E-state index in [1.54, 1.807) is 17.8 Å². The van der Waals surface area contributed by atoms with Crippen molar-refractivity contribution >= 4 is 22.5 Å². The lowest BCUT2D eigenvalue weighted by atomic mass is 9.66. The second-order valence-corrected chi connectivity index (χ2v) is 15.6. The zero-order valence-electron chi connectivity index (χ0n) is 30.9. The number of benzene rings is 8. The van der Waals surface area contributed by atoms with Gasteiger partial charge < -0.3 is 0 Å². The van der Waals surface area contributed by atoms with Crippen LogP contribution in [0.4, 0.5) is 0 Å². The molecule has 268 valence electrons. The van der Waals surface area contributed by atoms with Crippen molar-refractivity contribution in [3.63, 3.8) is 0 Å². The summed E-state index contributed by atoms with van der Waals surface area (Å²) < 4.78 is 0. The summed E-state index contributed by atoms with van der Waals surface area (Å²) in [6, 6.07) is 65.1. The van der Waals surface area contributed by atoms with Gasteiger partial charge in [-0.3, -0.25) is 0 Å². The minimum Gasteiger partial charge on any atom is -0.208 e. The summed E-state index contributed by atoms with van der Waals surface area (Å²) in [4.78, 5) is 17.2. The molecule has 1 aliphatic carbocycles. The minimum absolute atomic E-state index is 0.472. The lowest BCUT2D eigenvalue weighted by Crippen LogP contribution is -2.32. The van der Waals surface area contributed by atoms with E-state index in [2.05, 4.69) is 115 Å². The average molecular weight is 756 g/mol. The van der Waals surface area contributed by atoms with Gasteiger partial charge in [0.25, 0.3) is 0 Å². The molecule has 0 fully saturated rings. The van der Waals surface area contributed by atoms with Crippen LogP contribution in [0, 0.1) is 22.7 Å². The van der Waals surface area contributed by atoms with Gasteiger partial charge in [-0.1, -0.05) is 157 Å². The highest BCUT2D eigenvalue weighted by atomic mass is 32.2. The highest BCUT2D eigenvalue weighted by Gasteiger charge is 2.52. The van der Waals surface area contributed by atoms with Crippen LogP contribution in [0.3, 0.4) is 0 Å². The summed E-state index contributed by atoms with van der Waals surface area (Å²) in [5.74, 6) is 1.83. The van der Waals surface area contributed by atoms with Crippen molar-refractivity contribution in [1.82, 2.24) is 15.0 Å². The molecule has 2 heterocycles. The van der Waals surface area contributed by atoms with Gasteiger partial charge in [-0.2, -0.15) is 10.5 Å². The number of nitrogens with zero attached hydrogens (tertiary/aromatic N) is 5. The van der Waals surface area contributed by atoms with Crippen LogP contribution < -0.4 is 0 Å². The Kier molecular flexibility index (Phi) is 7.69. The first kappa shape index (κ1) is 33.7. The standard InChI is InChI=1S/C52H29N5S/c53-30-32-27-37(31-54)47-43(28-32)52(41-19-9-11-21-45(41)58-46-22-12-10-20-42(46)52)44-29-40(38-17-7-8-18-39(38)48(44)47)33-23-25-36(26-24-33)51-56-49(34-13-3-1-4-14-34)55-50(57-51)35-15-5-2-6-16-35/h1-29H. The second kappa shape index (κ2) is 13.2. The molecule has 0 N–H and O–H groups in total. The molecule has 0 amide bonds. The molecule has 11 rings (SSSR count). The largest absolute Gasteiger partial charge is 0.208 e. The number of fused-ring (bicyclic) bond motifs is 11. The van der Waals surface area contributed by atoms with Gasteiger partial charge in [-0.25, -0.2) is 15.0 Å². The molecule has 0 atom stereocenters. The molecule has 0 radical (unpaired) electrons. The molecule has 1 aromatic heterocycles. The third-order valence-electron chi connectivity index (χ3n) is 11.4. The summed E-state index contributed by atoms with van der Waals surface area (Å²) in [7, 11) is 0. The van der Waals surface area contributed by atoms with Crippen molar-refractivity contribution in [3.05, 3.63) is 209 Å². The van der Waals surface area contributed by atoms with E-state index >= 15 is 0 Å². The molecule has 0 unspecified atom stereocenters. The Morgan fingerprint density at radius 2 is 0.897 bits per heavy atom. The number of nitriles is 2. The fourth-order valence-corrected chi connectivity index (χ4v) is 10.2. The topological polar surface area (TPSA) is 86.2 Å². The average Bonchev–Trinajstić information content (AvgIpc) is 3.59. The maximum Gasteiger partial charge on any atom is 0.164 e. The predicted molar refractivity (Wildman–Crippen MR) is 230 cm³/mol. The monoisotopic (exact) mass is 755 g/mol. The molecule has 1 spiro atoms. The van der Waals surface area contributed by atoms with E-state index in [9.17, 15) is 10.5 Å². The molecule has 0 saturated carbocycles. The Morgan fingerprint density at radius 1 is 0.414 bits per heavy atom. The summed E-state index contributed by atoms with van der Waals surface area (Å²) >= 11 is 1.77. The molecule has 9 aromatic rings. The van der Waals surface area contributed by atoms with E-state index in [-0.39, 0.29) is 0 Å². The van der Waals surface area contributed by atoms with E-state index in [0.29, 0.717) is 28.6 Å². The van der Waals surface area contributed by atoms with Gasteiger partial charge in [-0.15, -0.1) is 0 Å². The molecule has 2 aliphatic rings. The van der Waals surface area contributed by atoms with Gasteiger partial charge in [0.15, 0.2) is 17.5 Å². The zero-order chi connectivity index (χ0) is 38.8. The molecule has 58 heavy (non-hydrogen) atoms. The van der Waals surface area contributed by atoms with E-state index in [0.717, 1.165) is 81.8 Å². The van der Waals surface area contributed by atoms with Crippen molar-refractivity contribution in [2.24, 2.45) is 0 Å². The third kappa shape index (κ3) is 5.00. The maximum atomic E-state index is 10.7. The number of hydrogen-bond donors (Lipinski definition) is 0. The van der Waals surface area contributed by atoms with Crippen LogP contribution in [0.15, 0.2) is 186 Å². The zero-order valence-corrected chi connectivity index (χ0v) is 31.7. The van der Waals surface area contributed by atoms with Crippen LogP contribution >= 0.6 is 11.8 Å². The van der Waals surface area contributed by atoms with Gasteiger partial charge in [0, 0.05) is 32.0 Å². The van der Waals surface area contributed by atoms with Crippen LogP contribution in [-0.4, -0.2) is 15.0 Å². The maximum absolute atomic E-state index is 10.7. The van der Waals surface area contributed by atoms with Gasteiger partial charge in [0.1, 0.15) is 0 Å². The Bertz CT molecular complexity index is 3110. The first-order valence-corrected chi connectivity index (χ1v) is 19.9. The normalized spacial score (nSPS) is 12.9. The Morgan fingerprint density at radius 3 is 1.47 bits per heavy atom. The lowest BCUT2D eigenvalue weighted by molar-refractivity contribution is 0.722. The van der Waals surface area contributed by atoms with Crippen molar-refractivity contribution in [3.8, 4) is 68.6 Å². The molecule has 0 bridgehead atoms. The second-order valence-electron chi connectivity index (χ2n) is 14.5. The fraction of sp³-hybridized carbons (Fsp3) is 0.0192. The quantitative estimate of drug-likeness (QED) is 0.178. The van der Waals surface area contributed by atoms with E-state index in [1.165, 1.54) is 0 Å². The van der Waals surface area contributed by atoms with Crippen LogP contribution in [0.1, 0.15) is 33.4 Å². The van der Waals surface area contributed by atoms with Crippen molar-refractivity contribution < 1.29 is 0 Å². The number of rotatable bonds is 4. The van der Waals surface area contributed by atoms with Gasteiger partial charge in [0.2, 0.25) is 0 Å². The van der Waals surface area contributed by atoms with Crippen LogP contribution in [0.2, 0.25) is 0 Å². The van der Waals surface area contributed by atoms with E-state index in [1.807, 2.05) is 66.7 Å². The fourth-order valence-electron chi connectivity index (χ4n) is 9.00. The Balaban J connectivity index is 1.16. The van der Waals surface area contributed by atoms with Gasteiger partial charge >= 0.3 is 0 Å². The molecule has 5 nitrogen and oxygen atoms in total. The lowest BCUT2D eigenvalue weighted by Gasteiger charge is -2.40. The summed E-state index contributed by atoms with van der Waals surface area (Å²) in [5, 5.41) is 23.2. The minimum atomic E-state index is -0.771. The Labute approximate surface area is 339 Å². The van der Waals surface area contributed by atoms with Gasteiger partial charge in [-0.05, 0) is 80.0 Å². The smallest absolute Gasteiger partial charge is 0.164 e.